The van der Waals surface area contributed by atoms with Crippen molar-refractivity contribution in [3.63, 3.8) is 0 Å². The zero-order valence-electron chi connectivity index (χ0n) is 17.7. The van der Waals surface area contributed by atoms with Gasteiger partial charge in [-0.3, -0.25) is 15.1 Å². The van der Waals surface area contributed by atoms with Gasteiger partial charge in [0.1, 0.15) is 28.5 Å². The third-order valence-corrected chi connectivity index (χ3v) is 5.48. The van der Waals surface area contributed by atoms with E-state index in [0.29, 0.717) is 39.7 Å². The Morgan fingerprint density at radius 2 is 1.85 bits per heavy atom. The molecular formula is C24H16FN7O2. The van der Waals surface area contributed by atoms with Crippen LogP contribution in [-0.4, -0.2) is 47.3 Å². The van der Waals surface area contributed by atoms with E-state index in [-0.39, 0.29) is 5.75 Å². The smallest absolute Gasteiger partial charge is 0.181 e. The van der Waals surface area contributed by atoms with Gasteiger partial charge in [0.2, 0.25) is 0 Å². The maximum atomic E-state index is 14.1. The summed E-state index contributed by atoms with van der Waals surface area (Å²) < 4.78 is 19.3. The van der Waals surface area contributed by atoms with Crippen LogP contribution in [0.3, 0.4) is 0 Å². The van der Waals surface area contributed by atoms with Crippen LogP contribution >= 0.6 is 0 Å². The normalized spacial score (nSPS) is 11.4. The minimum absolute atomic E-state index is 0.0660. The highest BCUT2D eigenvalue weighted by Crippen LogP contribution is 2.33. The highest BCUT2D eigenvalue weighted by Gasteiger charge is 2.17. The van der Waals surface area contributed by atoms with Crippen LogP contribution < -0.4 is 4.74 Å². The van der Waals surface area contributed by atoms with E-state index < -0.39 is 5.82 Å². The van der Waals surface area contributed by atoms with Crippen molar-refractivity contribution in [2.24, 2.45) is 0 Å². The summed E-state index contributed by atoms with van der Waals surface area (Å²) in [5.41, 5.74) is 5.02. The number of benzene rings is 1. The lowest BCUT2D eigenvalue weighted by Crippen LogP contribution is -1.90. The molecule has 0 saturated heterocycles. The monoisotopic (exact) mass is 453 g/mol. The van der Waals surface area contributed by atoms with Crippen molar-refractivity contribution in [3.05, 3.63) is 67.0 Å². The second-order valence-electron chi connectivity index (χ2n) is 7.65. The number of rotatable bonds is 4. The molecule has 0 amide bonds. The van der Waals surface area contributed by atoms with Crippen molar-refractivity contribution < 1.29 is 14.2 Å². The van der Waals surface area contributed by atoms with Crippen LogP contribution in [0, 0.1) is 5.82 Å². The van der Waals surface area contributed by atoms with Crippen LogP contribution in [0.15, 0.2) is 61.2 Å². The molecule has 1 aromatic carbocycles. The van der Waals surface area contributed by atoms with Gasteiger partial charge >= 0.3 is 0 Å². The molecule has 0 aliphatic rings. The molecule has 3 N–H and O–H groups in total. The van der Waals surface area contributed by atoms with Gasteiger partial charge in [0, 0.05) is 41.3 Å². The molecule has 6 rings (SSSR count). The van der Waals surface area contributed by atoms with Gasteiger partial charge in [-0.25, -0.2) is 14.4 Å². The van der Waals surface area contributed by atoms with Gasteiger partial charge in [0.25, 0.3) is 0 Å². The lowest BCUT2D eigenvalue weighted by molar-refractivity contribution is 0.411. The number of aromatic amines is 2. The number of hydrogen-bond donors (Lipinski definition) is 3. The second kappa shape index (κ2) is 7.62. The average molecular weight is 453 g/mol. The number of imidazole rings is 1. The Labute approximate surface area is 191 Å². The summed E-state index contributed by atoms with van der Waals surface area (Å²) in [6.45, 7) is 0. The topological polar surface area (TPSA) is 125 Å². The maximum absolute atomic E-state index is 14.1. The first-order chi connectivity index (χ1) is 16.6. The fraction of sp³-hybridized carbons (Fsp3) is 0.0417. The van der Waals surface area contributed by atoms with E-state index in [1.54, 1.807) is 36.8 Å². The Balaban J connectivity index is 1.50. The van der Waals surface area contributed by atoms with Crippen molar-refractivity contribution in [3.8, 4) is 45.4 Å². The number of aromatic nitrogens is 7. The predicted octanol–water partition coefficient (Wildman–Crippen LogP) is 4.48. The molecule has 0 radical (unpaired) electrons. The standard InChI is InChI=1S/C24H16FN7O2/c1-34-17-6-12(4-15(25)8-17)20-22-19(2-3-27-20)29-24(30-22)21-18-7-14(10-28-23(18)32-31-21)13-5-16(33)11-26-9-13/h2-11,33H,1H3,(H,29,30)(H,28,31,32). The number of fused-ring (bicyclic) bond motifs is 2. The summed E-state index contributed by atoms with van der Waals surface area (Å²) >= 11 is 0. The predicted molar refractivity (Wildman–Crippen MR) is 124 cm³/mol. The Morgan fingerprint density at radius 1 is 0.971 bits per heavy atom. The summed E-state index contributed by atoms with van der Waals surface area (Å²) in [6, 6.07) is 9.73. The minimum Gasteiger partial charge on any atom is -0.506 e. The summed E-state index contributed by atoms with van der Waals surface area (Å²) in [5, 5.41) is 17.8. The van der Waals surface area contributed by atoms with E-state index in [1.165, 1.54) is 25.4 Å². The molecule has 34 heavy (non-hydrogen) atoms. The van der Waals surface area contributed by atoms with E-state index in [4.69, 9.17) is 9.72 Å². The molecule has 0 atom stereocenters. The molecule has 0 bridgehead atoms. The number of ether oxygens (including phenoxy) is 1. The third-order valence-electron chi connectivity index (χ3n) is 5.48. The summed E-state index contributed by atoms with van der Waals surface area (Å²) in [6.07, 6.45) is 6.32. The number of aromatic hydroxyl groups is 1. The van der Waals surface area contributed by atoms with Crippen molar-refractivity contribution in [1.29, 1.82) is 0 Å². The molecule has 5 aromatic heterocycles. The zero-order valence-corrected chi connectivity index (χ0v) is 17.7. The van der Waals surface area contributed by atoms with Gasteiger partial charge in [0.05, 0.1) is 29.9 Å². The highest BCUT2D eigenvalue weighted by molar-refractivity contribution is 5.96. The second-order valence-corrected chi connectivity index (χ2v) is 7.65. The lowest BCUT2D eigenvalue weighted by Gasteiger charge is -2.05. The van der Waals surface area contributed by atoms with Crippen LogP contribution in [0.5, 0.6) is 11.5 Å². The van der Waals surface area contributed by atoms with Crippen LogP contribution in [-0.2, 0) is 0 Å². The van der Waals surface area contributed by atoms with Gasteiger partial charge in [-0.2, -0.15) is 5.10 Å². The quantitative estimate of drug-likeness (QED) is 0.359. The Morgan fingerprint density at radius 3 is 2.71 bits per heavy atom. The Bertz CT molecular complexity index is 1690. The summed E-state index contributed by atoms with van der Waals surface area (Å²) in [4.78, 5) is 20.9. The average Bonchev–Trinajstić information content (AvgIpc) is 3.47. The SMILES string of the molecule is COc1cc(F)cc(-c2nccc3[nH]c(-c4[nH]nc5ncc(-c6cncc(O)c6)cc45)nc23)c1. The van der Waals surface area contributed by atoms with Crippen molar-refractivity contribution in [1.82, 2.24) is 35.1 Å². The van der Waals surface area contributed by atoms with Crippen molar-refractivity contribution >= 4 is 22.1 Å². The number of nitrogens with zero attached hydrogens (tertiary/aromatic N) is 5. The molecule has 166 valence electrons. The minimum atomic E-state index is -0.427. The Kier molecular flexibility index (Phi) is 4.44. The molecule has 5 heterocycles. The lowest BCUT2D eigenvalue weighted by atomic mass is 10.1. The number of nitrogens with one attached hydrogen (secondary N) is 2. The summed E-state index contributed by atoms with van der Waals surface area (Å²) in [7, 11) is 1.48. The molecule has 10 heteroatoms. The number of halogens is 1. The van der Waals surface area contributed by atoms with E-state index in [2.05, 4.69) is 30.1 Å². The van der Waals surface area contributed by atoms with Gasteiger partial charge in [-0.1, -0.05) is 0 Å². The zero-order chi connectivity index (χ0) is 23.2. The van der Waals surface area contributed by atoms with Crippen molar-refractivity contribution in [2.45, 2.75) is 0 Å². The van der Waals surface area contributed by atoms with E-state index >= 15 is 0 Å². The molecule has 0 aliphatic carbocycles. The fourth-order valence-corrected chi connectivity index (χ4v) is 3.91. The molecule has 0 saturated carbocycles. The Hall–Kier alpha value is -4.86. The van der Waals surface area contributed by atoms with Gasteiger partial charge in [-0.15, -0.1) is 0 Å². The first kappa shape index (κ1) is 19.8. The molecular weight excluding hydrogens is 437 g/mol. The van der Waals surface area contributed by atoms with Gasteiger partial charge in [0.15, 0.2) is 11.5 Å². The van der Waals surface area contributed by atoms with Gasteiger partial charge in [-0.05, 0) is 30.3 Å². The summed E-state index contributed by atoms with van der Waals surface area (Å²) in [5.74, 6) is 0.562. The van der Waals surface area contributed by atoms with E-state index in [0.717, 1.165) is 22.0 Å². The van der Waals surface area contributed by atoms with Crippen LogP contribution in [0.2, 0.25) is 0 Å². The molecule has 0 fully saturated rings. The highest BCUT2D eigenvalue weighted by atomic mass is 19.1. The van der Waals surface area contributed by atoms with E-state index in [1.807, 2.05) is 6.07 Å². The molecule has 0 spiro atoms. The molecule has 0 unspecified atom stereocenters. The first-order valence-electron chi connectivity index (χ1n) is 10.3. The fourth-order valence-electron chi connectivity index (χ4n) is 3.91. The number of pyridine rings is 3. The number of H-pyrrole nitrogens is 2. The van der Waals surface area contributed by atoms with Crippen molar-refractivity contribution in [2.75, 3.05) is 7.11 Å². The first-order valence-corrected chi connectivity index (χ1v) is 10.3. The van der Waals surface area contributed by atoms with Crippen LogP contribution in [0.25, 0.3) is 56.0 Å². The maximum Gasteiger partial charge on any atom is 0.181 e. The third kappa shape index (κ3) is 3.28. The number of methoxy groups -OCH3 is 1. The van der Waals surface area contributed by atoms with E-state index in [9.17, 15) is 9.50 Å². The largest absolute Gasteiger partial charge is 0.506 e. The van der Waals surface area contributed by atoms with Crippen LogP contribution in [0.1, 0.15) is 0 Å². The molecule has 0 aliphatic heterocycles. The number of hydrogen-bond acceptors (Lipinski definition) is 7. The van der Waals surface area contributed by atoms with Gasteiger partial charge < -0.3 is 14.8 Å². The molecule has 9 nitrogen and oxygen atoms in total. The molecule has 6 aromatic rings. The van der Waals surface area contributed by atoms with Crippen LogP contribution in [0.4, 0.5) is 4.39 Å².